The van der Waals surface area contributed by atoms with Crippen molar-refractivity contribution in [2.75, 3.05) is 45.8 Å². The van der Waals surface area contributed by atoms with E-state index in [1.807, 2.05) is 11.8 Å². The molecule has 3 rings (SSSR count). The first-order valence-corrected chi connectivity index (χ1v) is 8.74. The smallest absolute Gasteiger partial charge is 0.222 e. The lowest BCUT2D eigenvalue weighted by molar-refractivity contribution is -0.127. The van der Waals surface area contributed by atoms with E-state index in [9.17, 15) is 13.6 Å². The Bertz CT molecular complexity index is 588. The van der Waals surface area contributed by atoms with Crippen LogP contribution in [0.5, 0.6) is 0 Å². The molecule has 4 nitrogen and oxygen atoms in total. The molecule has 2 heterocycles. The van der Waals surface area contributed by atoms with Crippen molar-refractivity contribution in [3.05, 3.63) is 35.4 Å². The van der Waals surface area contributed by atoms with Crippen LogP contribution < -0.4 is 0 Å². The average Bonchev–Trinajstić information content (AvgIpc) is 2.98. The van der Waals surface area contributed by atoms with Crippen LogP contribution in [0.25, 0.3) is 0 Å². The Morgan fingerprint density at radius 1 is 1.08 bits per heavy atom. The highest BCUT2D eigenvalue weighted by molar-refractivity contribution is 5.78. The molecule has 2 aliphatic rings. The summed E-state index contributed by atoms with van der Waals surface area (Å²) in [4.78, 5) is 18.2. The van der Waals surface area contributed by atoms with Crippen molar-refractivity contribution in [2.24, 2.45) is 0 Å². The van der Waals surface area contributed by atoms with Gasteiger partial charge in [0.25, 0.3) is 0 Å². The van der Waals surface area contributed by atoms with E-state index < -0.39 is 11.6 Å². The van der Waals surface area contributed by atoms with Gasteiger partial charge >= 0.3 is 0 Å². The minimum atomic E-state index is -0.537. The van der Waals surface area contributed by atoms with Crippen molar-refractivity contribution in [1.29, 1.82) is 0 Å². The molecule has 0 aliphatic carbocycles. The van der Waals surface area contributed by atoms with Gasteiger partial charge in [-0.3, -0.25) is 14.6 Å². The maximum absolute atomic E-state index is 13.9. The Hall–Kier alpha value is -1.53. The summed E-state index contributed by atoms with van der Waals surface area (Å²) in [7, 11) is 0. The molecule has 6 heteroatoms. The predicted octanol–water partition coefficient (Wildman–Crippen LogP) is 2.27. The minimum absolute atomic E-state index is 0.0621. The number of piperazine rings is 1. The first-order valence-electron chi connectivity index (χ1n) is 8.74. The van der Waals surface area contributed by atoms with E-state index >= 15 is 0 Å². The highest BCUT2D eigenvalue weighted by Crippen LogP contribution is 2.24. The standard InChI is InChI=1S/C18H25F2N3O/c1-14(16-5-4-15(19)13-17(16)20)22-10-7-21(8-11-22)9-12-23-6-2-3-18(23)24/h4-5,13-14H,2-3,6-12H2,1H3/t14-/m1/s1. The van der Waals surface area contributed by atoms with E-state index in [-0.39, 0.29) is 11.9 Å². The summed E-state index contributed by atoms with van der Waals surface area (Å²) in [5.41, 5.74) is 0.549. The van der Waals surface area contributed by atoms with Gasteiger partial charge < -0.3 is 4.90 Å². The topological polar surface area (TPSA) is 26.8 Å². The quantitative estimate of drug-likeness (QED) is 0.825. The van der Waals surface area contributed by atoms with Crippen molar-refractivity contribution in [1.82, 2.24) is 14.7 Å². The van der Waals surface area contributed by atoms with Crippen LogP contribution in [0.15, 0.2) is 18.2 Å². The fourth-order valence-electron chi connectivity index (χ4n) is 3.61. The van der Waals surface area contributed by atoms with Crippen LogP contribution in [-0.4, -0.2) is 66.4 Å². The number of amides is 1. The van der Waals surface area contributed by atoms with Gasteiger partial charge in [0.2, 0.25) is 5.91 Å². The van der Waals surface area contributed by atoms with Gasteiger partial charge in [0.15, 0.2) is 0 Å². The molecule has 24 heavy (non-hydrogen) atoms. The number of hydrogen-bond acceptors (Lipinski definition) is 3. The number of rotatable bonds is 5. The first-order chi connectivity index (χ1) is 11.5. The second-order valence-electron chi connectivity index (χ2n) is 6.70. The van der Waals surface area contributed by atoms with Crippen LogP contribution in [0, 0.1) is 11.6 Å². The maximum atomic E-state index is 13.9. The van der Waals surface area contributed by atoms with Gasteiger partial charge in [0.1, 0.15) is 11.6 Å². The molecule has 1 amide bonds. The van der Waals surface area contributed by atoms with E-state index in [1.165, 1.54) is 6.07 Å². The lowest BCUT2D eigenvalue weighted by Crippen LogP contribution is -2.49. The van der Waals surface area contributed by atoms with Crippen LogP contribution in [-0.2, 0) is 4.79 Å². The minimum Gasteiger partial charge on any atom is -0.341 e. The zero-order valence-corrected chi connectivity index (χ0v) is 14.2. The van der Waals surface area contributed by atoms with Gasteiger partial charge in [-0.2, -0.15) is 0 Å². The van der Waals surface area contributed by atoms with Gasteiger partial charge in [-0.15, -0.1) is 0 Å². The Labute approximate surface area is 142 Å². The van der Waals surface area contributed by atoms with E-state index in [0.29, 0.717) is 12.0 Å². The Morgan fingerprint density at radius 2 is 1.83 bits per heavy atom. The molecule has 1 aromatic rings. The summed E-state index contributed by atoms with van der Waals surface area (Å²) in [5.74, 6) is -0.740. The first kappa shape index (κ1) is 17.3. The molecule has 0 spiro atoms. The number of likely N-dealkylation sites (tertiary alicyclic amines) is 1. The molecule has 0 bridgehead atoms. The van der Waals surface area contributed by atoms with Crippen molar-refractivity contribution < 1.29 is 13.6 Å². The van der Waals surface area contributed by atoms with Gasteiger partial charge in [-0.1, -0.05) is 6.07 Å². The van der Waals surface area contributed by atoms with Gasteiger partial charge in [-0.05, 0) is 19.4 Å². The average molecular weight is 337 g/mol. The molecule has 2 fully saturated rings. The third-order valence-electron chi connectivity index (χ3n) is 5.22. The fourth-order valence-corrected chi connectivity index (χ4v) is 3.61. The molecule has 1 atom stereocenters. The van der Waals surface area contributed by atoms with E-state index in [0.717, 1.165) is 58.3 Å². The summed E-state index contributed by atoms with van der Waals surface area (Å²) in [6.45, 7) is 8.09. The number of benzene rings is 1. The zero-order chi connectivity index (χ0) is 17.1. The van der Waals surface area contributed by atoms with E-state index in [2.05, 4.69) is 9.80 Å². The third-order valence-corrected chi connectivity index (χ3v) is 5.22. The number of carbonyl (C=O) groups is 1. The molecule has 0 saturated carbocycles. The van der Waals surface area contributed by atoms with Crippen molar-refractivity contribution >= 4 is 5.91 Å². The zero-order valence-electron chi connectivity index (χ0n) is 14.2. The third kappa shape index (κ3) is 3.92. The molecule has 0 N–H and O–H groups in total. The van der Waals surface area contributed by atoms with Crippen LogP contribution in [0.2, 0.25) is 0 Å². The Morgan fingerprint density at radius 3 is 2.46 bits per heavy atom. The Kier molecular flexibility index (Phi) is 5.46. The molecule has 0 radical (unpaired) electrons. The molecule has 2 aliphatic heterocycles. The van der Waals surface area contributed by atoms with Gasteiger partial charge in [-0.25, -0.2) is 8.78 Å². The highest BCUT2D eigenvalue weighted by atomic mass is 19.1. The van der Waals surface area contributed by atoms with E-state index in [4.69, 9.17) is 0 Å². The second kappa shape index (κ2) is 7.57. The number of nitrogens with zero attached hydrogens (tertiary/aromatic N) is 3. The summed E-state index contributed by atoms with van der Waals surface area (Å²) in [6.07, 6.45) is 1.67. The molecule has 0 unspecified atom stereocenters. The lowest BCUT2D eigenvalue weighted by atomic mass is 10.1. The van der Waals surface area contributed by atoms with Crippen LogP contribution in [0.1, 0.15) is 31.4 Å². The lowest BCUT2D eigenvalue weighted by Gasteiger charge is -2.38. The van der Waals surface area contributed by atoms with Crippen molar-refractivity contribution in [2.45, 2.75) is 25.8 Å². The van der Waals surface area contributed by atoms with Crippen LogP contribution >= 0.6 is 0 Å². The van der Waals surface area contributed by atoms with E-state index in [1.54, 1.807) is 6.07 Å². The Balaban J connectivity index is 1.48. The predicted molar refractivity (Wildman–Crippen MR) is 88.6 cm³/mol. The normalized spacial score (nSPS) is 21.5. The number of hydrogen-bond donors (Lipinski definition) is 0. The van der Waals surface area contributed by atoms with Gasteiger partial charge in [0, 0.05) is 69.9 Å². The molecule has 0 aromatic heterocycles. The maximum Gasteiger partial charge on any atom is 0.222 e. The largest absolute Gasteiger partial charge is 0.341 e. The molecule has 132 valence electrons. The number of carbonyl (C=O) groups excluding carboxylic acids is 1. The van der Waals surface area contributed by atoms with Crippen LogP contribution in [0.3, 0.4) is 0 Å². The number of halogens is 2. The van der Waals surface area contributed by atoms with Crippen molar-refractivity contribution in [3.8, 4) is 0 Å². The summed E-state index contributed by atoms with van der Waals surface area (Å²) < 4.78 is 27.0. The molecular formula is C18H25F2N3O. The van der Waals surface area contributed by atoms with Gasteiger partial charge in [0.05, 0.1) is 0 Å². The molecule has 1 aromatic carbocycles. The fraction of sp³-hybridized carbons (Fsp3) is 0.611. The summed E-state index contributed by atoms with van der Waals surface area (Å²) >= 11 is 0. The molecule has 2 saturated heterocycles. The highest BCUT2D eigenvalue weighted by Gasteiger charge is 2.25. The SMILES string of the molecule is C[C@H](c1ccc(F)cc1F)N1CCN(CCN2CCCC2=O)CC1. The van der Waals surface area contributed by atoms with Crippen LogP contribution in [0.4, 0.5) is 8.78 Å². The summed E-state index contributed by atoms with van der Waals surface area (Å²) in [5, 5.41) is 0. The van der Waals surface area contributed by atoms with Crippen molar-refractivity contribution in [3.63, 3.8) is 0 Å². The monoisotopic (exact) mass is 337 g/mol. The molecular weight excluding hydrogens is 312 g/mol. The summed E-state index contributed by atoms with van der Waals surface area (Å²) in [6, 6.07) is 3.75. The second-order valence-corrected chi connectivity index (χ2v) is 6.70.